The van der Waals surface area contributed by atoms with Gasteiger partial charge in [-0.3, -0.25) is 0 Å². The normalized spacial score (nSPS) is 11.3. The molecule has 0 fully saturated rings. The molecule has 0 aliphatic carbocycles. The van der Waals surface area contributed by atoms with E-state index in [4.69, 9.17) is 30.6 Å². The second-order valence-electron chi connectivity index (χ2n) is 8.13. The molecule has 4 aromatic rings. The number of halogens is 6. The van der Waals surface area contributed by atoms with Gasteiger partial charge in [0.25, 0.3) is 0 Å². The Bertz CT molecular complexity index is 1420. The molecular weight excluding hydrogens is 548 g/mol. The van der Waals surface area contributed by atoms with E-state index in [1.54, 1.807) is 0 Å². The maximum absolute atomic E-state index is 10.6. The van der Waals surface area contributed by atoms with E-state index in [1.165, 1.54) is 5.56 Å². The summed E-state index contributed by atoms with van der Waals surface area (Å²) in [7, 11) is 0. The van der Waals surface area contributed by atoms with E-state index in [2.05, 4.69) is 52.2 Å². The van der Waals surface area contributed by atoms with Crippen molar-refractivity contribution in [2.75, 3.05) is 5.43 Å². The van der Waals surface area contributed by atoms with Crippen LogP contribution in [0.1, 0.15) is 31.2 Å². The maximum Gasteiger partial charge on any atom is 0.490 e. The Kier molecular flexibility index (Phi) is 10.8. The highest BCUT2D eigenvalue weighted by Crippen LogP contribution is 2.31. The zero-order valence-corrected chi connectivity index (χ0v) is 20.9. The van der Waals surface area contributed by atoms with Crippen LogP contribution in [0.2, 0.25) is 0 Å². The molecule has 0 bridgehead atoms. The van der Waals surface area contributed by atoms with Crippen molar-refractivity contribution in [2.45, 2.75) is 45.1 Å². The number of aryl methyl sites for hydroxylation is 1. The van der Waals surface area contributed by atoms with Gasteiger partial charge in [0.05, 0.1) is 11.0 Å². The highest BCUT2D eigenvalue weighted by Gasteiger charge is 2.38. The van der Waals surface area contributed by atoms with E-state index in [-0.39, 0.29) is 0 Å². The number of carboxylic acids is 2. The fraction of sp³-hybridized carbons (Fsp3) is 0.280. The van der Waals surface area contributed by atoms with Crippen molar-refractivity contribution in [1.29, 1.82) is 0 Å². The highest BCUT2D eigenvalue weighted by molar-refractivity contribution is 6.07. The van der Waals surface area contributed by atoms with Crippen LogP contribution in [0.3, 0.4) is 0 Å². The number of nitrogens with one attached hydrogen (secondary N) is 1. The Morgan fingerprint density at radius 1 is 0.900 bits per heavy atom. The van der Waals surface area contributed by atoms with Crippen molar-refractivity contribution < 1.29 is 46.1 Å². The molecule has 2 aromatic heterocycles. The molecule has 0 aliphatic heterocycles. The SMILES string of the molecule is CCCCc1nc2c(NN)nc3ccccc3c2n1Cc1ccccc1.O=C(O)C(F)(F)F.O=C(O)C(F)(F)F. The topological polar surface area (TPSA) is 143 Å². The predicted molar refractivity (Wildman–Crippen MR) is 134 cm³/mol. The highest BCUT2D eigenvalue weighted by atomic mass is 19.4. The van der Waals surface area contributed by atoms with Crippen LogP contribution < -0.4 is 11.3 Å². The van der Waals surface area contributed by atoms with E-state index in [1.807, 2.05) is 24.3 Å². The minimum Gasteiger partial charge on any atom is -0.475 e. The van der Waals surface area contributed by atoms with E-state index in [9.17, 15) is 26.3 Å². The lowest BCUT2D eigenvalue weighted by atomic mass is 10.1. The van der Waals surface area contributed by atoms with Gasteiger partial charge in [-0.15, -0.1) is 0 Å². The first-order chi connectivity index (χ1) is 18.7. The maximum atomic E-state index is 10.6. The first kappa shape index (κ1) is 31.8. The number of aromatic nitrogens is 3. The van der Waals surface area contributed by atoms with Gasteiger partial charge in [0, 0.05) is 18.4 Å². The standard InChI is InChI=1S/C21H23N5.2C2HF3O2/c1-2-3-13-18-24-19-20(26(18)14-15-9-5-4-6-10-15)16-11-7-8-12-17(16)23-21(19)25-22;2*3-2(4,5)1(6)7/h4-12H,2-3,13-14,22H2,1H3,(H,23,25);2*(H,6,7). The number of aliphatic carboxylic acids is 2. The predicted octanol–water partition coefficient (Wildman–Crippen LogP) is 5.53. The molecule has 0 saturated carbocycles. The number of hydrogen-bond donors (Lipinski definition) is 4. The smallest absolute Gasteiger partial charge is 0.475 e. The Morgan fingerprint density at radius 3 is 1.93 bits per heavy atom. The fourth-order valence-electron chi connectivity index (χ4n) is 3.44. The molecule has 4 rings (SSSR count). The first-order valence-corrected chi connectivity index (χ1v) is 11.6. The summed E-state index contributed by atoms with van der Waals surface area (Å²) in [5.41, 5.74) is 6.85. The van der Waals surface area contributed by atoms with Crippen LogP contribution in [0.15, 0.2) is 54.6 Å². The summed E-state index contributed by atoms with van der Waals surface area (Å²) in [6.45, 7) is 2.99. The van der Waals surface area contributed by atoms with Gasteiger partial charge >= 0.3 is 24.3 Å². The number of imidazole rings is 1. The third-order valence-electron chi connectivity index (χ3n) is 5.22. The number of fused-ring (bicyclic) bond motifs is 3. The van der Waals surface area contributed by atoms with E-state index in [0.717, 1.165) is 53.6 Å². The Morgan fingerprint density at radius 2 is 1.43 bits per heavy atom. The van der Waals surface area contributed by atoms with Crippen molar-refractivity contribution in [1.82, 2.24) is 14.5 Å². The molecule has 15 heteroatoms. The van der Waals surface area contributed by atoms with Gasteiger partial charge in [0.1, 0.15) is 11.3 Å². The first-order valence-electron chi connectivity index (χ1n) is 11.6. The van der Waals surface area contributed by atoms with Crippen LogP contribution in [0, 0.1) is 0 Å². The Labute approximate surface area is 223 Å². The van der Waals surface area contributed by atoms with Crippen LogP contribution in [0.4, 0.5) is 32.2 Å². The lowest BCUT2D eigenvalue weighted by molar-refractivity contribution is -0.193. The average molecular weight is 573 g/mol. The van der Waals surface area contributed by atoms with Gasteiger partial charge in [-0.25, -0.2) is 25.4 Å². The monoisotopic (exact) mass is 573 g/mol. The summed E-state index contributed by atoms with van der Waals surface area (Å²) in [4.78, 5) is 27.4. The van der Waals surface area contributed by atoms with Crippen molar-refractivity contribution >= 4 is 39.7 Å². The Hall–Kier alpha value is -4.40. The quantitative estimate of drug-likeness (QED) is 0.134. The van der Waals surface area contributed by atoms with Crippen molar-refractivity contribution in [2.24, 2.45) is 5.84 Å². The number of rotatable bonds is 6. The number of hydrogen-bond acceptors (Lipinski definition) is 6. The van der Waals surface area contributed by atoms with Crippen LogP contribution in [0.5, 0.6) is 0 Å². The van der Waals surface area contributed by atoms with E-state index >= 15 is 0 Å². The van der Waals surface area contributed by atoms with Gasteiger partial charge < -0.3 is 20.2 Å². The fourth-order valence-corrected chi connectivity index (χ4v) is 3.44. The number of alkyl halides is 6. The van der Waals surface area contributed by atoms with Crippen LogP contribution in [-0.2, 0) is 22.6 Å². The van der Waals surface area contributed by atoms with Crippen molar-refractivity contribution in [3.63, 3.8) is 0 Å². The number of anilines is 1. The van der Waals surface area contributed by atoms with Crippen LogP contribution in [-0.4, -0.2) is 49.0 Å². The zero-order valence-electron chi connectivity index (χ0n) is 20.9. The van der Waals surface area contributed by atoms with Gasteiger partial charge in [-0.1, -0.05) is 61.9 Å². The minimum atomic E-state index is -5.08. The largest absolute Gasteiger partial charge is 0.490 e. The third-order valence-corrected chi connectivity index (χ3v) is 5.22. The second-order valence-corrected chi connectivity index (χ2v) is 8.13. The number of para-hydroxylation sites is 1. The molecule has 0 amide bonds. The van der Waals surface area contributed by atoms with Gasteiger partial charge in [0.2, 0.25) is 0 Å². The van der Waals surface area contributed by atoms with Crippen molar-refractivity contribution in [3.8, 4) is 0 Å². The summed E-state index contributed by atoms with van der Waals surface area (Å²) in [5.74, 6) is 1.96. The number of unbranched alkanes of at least 4 members (excludes halogenated alkanes) is 1. The number of nitrogens with zero attached hydrogens (tertiary/aromatic N) is 3. The number of hydrazine groups is 1. The molecule has 216 valence electrons. The molecule has 0 unspecified atom stereocenters. The second kappa shape index (κ2) is 13.6. The number of nitrogen functional groups attached to an aromatic ring is 1. The average Bonchev–Trinajstić information content (AvgIpc) is 3.25. The summed E-state index contributed by atoms with van der Waals surface area (Å²) < 4.78 is 65.8. The number of carboxylic acid groups (broad SMARTS) is 2. The van der Waals surface area contributed by atoms with Crippen molar-refractivity contribution in [3.05, 3.63) is 66.0 Å². The molecule has 2 aromatic carbocycles. The third kappa shape index (κ3) is 8.56. The molecule has 0 spiro atoms. The summed E-state index contributed by atoms with van der Waals surface area (Å²) in [6.07, 6.45) is -6.99. The summed E-state index contributed by atoms with van der Waals surface area (Å²) in [6, 6.07) is 18.7. The molecule has 0 atom stereocenters. The molecule has 5 N–H and O–H groups in total. The Balaban J connectivity index is 0.000000333. The lowest BCUT2D eigenvalue weighted by Gasteiger charge is -2.11. The molecular formula is C25H25F6N5O4. The molecule has 2 heterocycles. The molecule has 0 saturated heterocycles. The summed E-state index contributed by atoms with van der Waals surface area (Å²) >= 11 is 0. The number of nitrogens with two attached hydrogens (primary N) is 1. The van der Waals surface area contributed by atoms with Gasteiger partial charge in [0.15, 0.2) is 5.82 Å². The van der Waals surface area contributed by atoms with E-state index < -0.39 is 24.3 Å². The van der Waals surface area contributed by atoms with Gasteiger partial charge in [-0.05, 0) is 18.1 Å². The number of pyridine rings is 1. The van der Waals surface area contributed by atoms with Gasteiger partial charge in [-0.2, -0.15) is 26.3 Å². The zero-order chi connectivity index (χ0) is 30.1. The minimum absolute atomic E-state index is 0.628. The van der Waals surface area contributed by atoms with E-state index in [0.29, 0.717) is 5.82 Å². The molecule has 40 heavy (non-hydrogen) atoms. The molecule has 0 aliphatic rings. The number of benzene rings is 2. The van der Waals surface area contributed by atoms with Crippen LogP contribution in [0.25, 0.3) is 21.9 Å². The summed E-state index contributed by atoms with van der Waals surface area (Å²) in [5, 5.41) is 15.4. The molecule has 9 nitrogen and oxygen atoms in total. The lowest BCUT2D eigenvalue weighted by Crippen LogP contribution is -2.21. The molecule has 0 radical (unpaired) electrons. The number of carbonyl (C=O) groups is 2. The van der Waals surface area contributed by atoms with Crippen LogP contribution >= 0.6 is 0 Å².